The predicted molar refractivity (Wildman–Crippen MR) is 233 cm³/mol. The molecule has 0 atom stereocenters. The van der Waals surface area contributed by atoms with Crippen LogP contribution in [0.1, 0.15) is 0 Å². The highest BCUT2D eigenvalue weighted by Crippen LogP contribution is 2.47. The summed E-state index contributed by atoms with van der Waals surface area (Å²) < 4.78 is 9.03. The van der Waals surface area contributed by atoms with Crippen molar-refractivity contribution in [3.8, 4) is 67.5 Å². The molecule has 0 spiro atoms. The zero-order valence-corrected chi connectivity index (χ0v) is 30.9. The third kappa shape index (κ3) is 5.56. The first-order valence-electron chi connectivity index (χ1n) is 18.7. The van der Waals surface area contributed by atoms with Crippen molar-refractivity contribution in [3.63, 3.8) is 0 Å². The minimum atomic E-state index is 0.633. The standard InChI is InChI=1S/C51H31N3OS/c1-3-12-32(13-4-1)33-22-26-36(27-23-33)50-52-49(35-14-5-2-6-15-35)53-51(54-50)37-28-24-34(25-29-37)38-16-11-17-39(30-38)42-31-43-40-18-7-9-20-44(40)55-47(43)46-41-19-8-10-21-45(41)56-48(42)46/h1-31H. The van der Waals surface area contributed by atoms with Crippen molar-refractivity contribution in [2.75, 3.05) is 0 Å². The van der Waals surface area contributed by atoms with E-state index >= 15 is 0 Å². The Morgan fingerprint density at radius 1 is 0.357 bits per heavy atom. The Morgan fingerprint density at radius 2 is 0.839 bits per heavy atom. The maximum absolute atomic E-state index is 6.54. The summed E-state index contributed by atoms with van der Waals surface area (Å²) >= 11 is 1.83. The minimum Gasteiger partial charge on any atom is -0.455 e. The Bertz CT molecular complexity index is 3220. The number of hydrogen-bond donors (Lipinski definition) is 0. The van der Waals surface area contributed by atoms with E-state index in [0.717, 1.165) is 55.3 Å². The van der Waals surface area contributed by atoms with Crippen molar-refractivity contribution in [1.82, 2.24) is 15.0 Å². The number of thiophene rings is 1. The molecule has 0 aliphatic carbocycles. The van der Waals surface area contributed by atoms with Crippen molar-refractivity contribution in [2.24, 2.45) is 0 Å². The Balaban J connectivity index is 0.985. The first-order chi connectivity index (χ1) is 27.7. The highest BCUT2D eigenvalue weighted by Gasteiger charge is 2.20. The normalized spacial score (nSPS) is 11.6. The van der Waals surface area contributed by atoms with Gasteiger partial charge in [-0.25, -0.2) is 15.0 Å². The summed E-state index contributed by atoms with van der Waals surface area (Å²) in [5.41, 5.74) is 11.6. The van der Waals surface area contributed by atoms with Crippen LogP contribution in [0.15, 0.2) is 192 Å². The molecule has 0 saturated carbocycles. The van der Waals surface area contributed by atoms with Crippen LogP contribution in [0.25, 0.3) is 110 Å². The lowest BCUT2D eigenvalue weighted by Crippen LogP contribution is -2.00. The van der Waals surface area contributed by atoms with Crippen LogP contribution in [-0.4, -0.2) is 15.0 Å². The average molecular weight is 734 g/mol. The summed E-state index contributed by atoms with van der Waals surface area (Å²) in [7, 11) is 0. The Hall–Kier alpha value is -7.21. The van der Waals surface area contributed by atoms with Crippen molar-refractivity contribution in [3.05, 3.63) is 188 Å². The van der Waals surface area contributed by atoms with E-state index in [2.05, 4.69) is 146 Å². The van der Waals surface area contributed by atoms with Gasteiger partial charge >= 0.3 is 0 Å². The molecule has 56 heavy (non-hydrogen) atoms. The fourth-order valence-electron chi connectivity index (χ4n) is 7.75. The largest absolute Gasteiger partial charge is 0.455 e. The number of fused-ring (bicyclic) bond motifs is 7. The fraction of sp³-hybridized carbons (Fsp3) is 0. The molecular formula is C51H31N3OS. The Morgan fingerprint density at radius 3 is 1.52 bits per heavy atom. The maximum Gasteiger partial charge on any atom is 0.164 e. The smallest absolute Gasteiger partial charge is 0.164 e. The van der Waals surface area contributed by atoms with Gasteiger partial charge in [-0.15, -0.1) is 11.3 Å². The molecule has 5 heteroatoms. The van der Waals surface area contributed by atoms with E-state index in [4.69, 9.17) is 19.4 Å². The average Bonchev–Trinajstić information content (AvgIpc) is 3.85. The third-order valence-corrected chi connectivity index (χ3v) is 11.8. The third-order valence-electron chi connectivity index (χ3n) is 10.6. The van der Waals surface area contributed by atoms with Crippen molar-refractivity contribution in [1.29, 1.82) is 0 Å². The van der Waals surface area contributed by atoms with Gasteiger partial charge in [0.15, 0.2) is 17.5 Å². The molecule has 0 fully saturated rings. The molecule has 0 aliphatic rings. The van der Waals surface area contributed by atoms with Gasteiger partial charge in [-0.2, -0.15) is 0 Å². The van der Waals surface area contributed by atoms with Crippen molar-refractivity contribution in [2.45, 2.75) is 0 Å². The molecule has 0 saturated heterocycles. The minimum absolute atomic E-state index is 0.633. The fourth-order valence-corrected chi connectivity index (χ4v) is 8.99. The van der Waals surface area contributed by atoms with Gasteiger partial charge in [0.2, 0.25) is 0 Å². The predicted octanol–water partition coefficient (Wildman–Crippen LogP) is 14.1. The summed E-state index contributed by atoms with van der Waals surface area (Å²) in [4.78, 5) is 14.9. The molecule has 8 aromatic carbocycles. The second-order valence-electron chi connectivity index (χ2n) is 14.0. The first-order valence-corrected chi connectivity index (χ1v) is 19.5. The number of para-hydroxylation sites is 1. The SMILES string of the molecule is c1ccc(-c2ccc(-c3nc(-c4ccccc4)nc(-c4ccc(-c5cccc(-c6cc7c8ccccc8oc7c7c6sc6ccccc67)c5)cc4)n3)cc2)cc1. The Kier molecular flexibility index (Phi) is 7.64. The monoisotopic (exact) mass is 733 g/mol. The maximum atomic E-state index is 6.54. The van der Waals surface area contributed by atoms with Crippen LogP contribution in [-0.2, 0) is 0 Å². The van der Waals surface area contributed by atoms with Gasteiger partial charge in [-0.05, 0) is 52.1 Å². The highest BCUT2D eigenvalue weighted by atomic mass is 32.1. The van der Waals surface area contributed by atoms with Crippen molar-refractivity contribution < 1.29 is 4.42 Å². The molecular weight excluding hydrogens is 703 g/mol. The lowest BCUT2D eigenvalue weighted by Gasteiger charge is -2.11. The molecule has 0 bridgehead atoms. The second kappa shape index (κ2) is 13.3. The van der Waals surface area contributed by atoms with Crippen LogP contribution in [0.2, 0.25) is 0 Å². The number of furan rings is 1. The zero-order chi connectivity index (χ0) is 37.0. The Labute approximate surface area is 327 Å². The van der Waals surface area contributed by atoms with E-state index in [-0.39, 0.29) is 0 Å². The van der Waals surface area contributed by atoms with Crippen LogP contribution in [0, 0.1) is 0 Å². The summed E-state index contributed by atoms with van der Waals surface area (Å²) in [6, 6.07) is 65.6. The van der Waals surface area contributed by atoms with Crippen LogP contribution in [0.4, 0.5) is 0 Å². The molecule has 0 radical (unpaired) electrons. The number of nitrogens with zero attached hydrogens (tertiary/aromatic N) is 3. The second-order valence-corrected chi connectivity index (χ2v) is 15.0. The summed E-state index contributed by atoms with van der Waals surface area (Å²) in [6.07, 6.45) is 0. The molecule has 0 unspecified atom stereocenters. The zero-order valence-electron chi connectivity index (χ0n) is 30.1. The van der Waals surface area contributed by atoms with E-state index in [9.17, 15) is 0 Å². The van der Waals surface area contributed by atoms with Crippen LogP contribution in [0.5, 0.6) is 0 Å². The van der Waals surface area contributed by atoms with Gasteiger partial charge in [-0.1, -0.05) is 164 Å². The number of rotatable bonds is 6. The summed E-state index contributed by atoms with van der Waals surface area (Å²) in [5.74, 6) is 1.92. The lowest BCUT2D eigenvalue weighted by atomic mass is 9.95. The lowest BCUT2D eigenvalue weighted by molar-refractivity contribution is 0.673. The van der Waals surface area contributed by atoms with Gasteiger partial charge in [0.25, 0.3) is 0 Å². The van der Waals surface area contributed by atoms with E-state index < -0.39 is 0 Å². The van der Waals surface area contributed by atoms with Crippen LogP contribution in [0.3, 0.4) is 0 Å². The molecule has 3 aromatic heterocycles. The van der Waals surface area contributed by atoms with Gasteiger partial charge in [0.05, 0.1) is 0 Å². The van der Waals surface area contributed by atoms with Gasteiger partial charge < -0.3 is 4.42 Å². The van der Waals surface area contributed by atoms with E-state index in [1.165, 1.54) is 36.9 Å². The summed E-state index contributed by atoms with van der Waals surface area (Å²) in [5, 5.41) is 4.68. The van der Waals surface area contributed by atoms with Gasteiger partial charge in [0.1, 0.15) is 11.2 Å². The van der Waals surface area contributed by atoms with Gasteiger partial charge in [0, 0.05) is 53.2 Å². The number of aromatic nitrogens is 3. The molecule has 3 heterocycles. The van der Waals surface area contributed by atoms with Crippen LogP contribution >= 0.6 is 11.3 Å². The highest BCUT2D eigenvalue weighted by molar-refractivity contribution is 7.26. The van der Waals surface area contributed by atoms with Gasteiger partial charge in [-0.3, -0.25) is 0 Å². The first kappa shape index (κ1) is 32.2. The van der Waals surface area contributed by atoms with E-state index in [0.29, 0.717) is 17.5 Å². The van der Waals surface area contributed by atoms with Crippen LogP contribution < -0.4 is 0 Å². The molecule has 4 nitrogen and oxygen atoms in total. The topological polar surface area (TPSA) is 51.8 Å². The molecule has 0 N–H and O–H groups in total. The molecule has 262 valence electrons. The molecule has 11 rings (SSSR count). The molecule has 0 amide bonds. The van der Waals surface area contributed by atoms with Crippen molar-refractivity contribution >= 4 is 53.4 Å². The number of benzene rings is 8. The van der Waals surface area contributed by atoms with E-state index in [1.807, 2.05) is 53.8 Å². The van der Waals surface area contributed by atoms with E-state index in [1.54, 1.807) is 0 Å². The molecule has 0 aliphatic heterocycles. The summed E-state index contributed by atoms with van der Waals surface area (Å²) in [6.45, 7) is 0. The number of hydrogen-bond acceptors (Lipinski definition) is 5. The quantitative estimate of drug-likeness (QED) is 0.171. The molecule has 11 aromatic rings.